The zero-order valence-electron chi connectivity index (χ0n) is 15.5. The molecule has 0 unspecified atom stereocenters. The third-order valence-electron chi connectivity index (χ3n) is 4.31. The van der Waals surface area contributed by atoms with Gasteiger partial charge >= 0.3 is 5.63 Å². The van der Waals surface area contributed by atoms with Gasteiger partial charge in [-0.05, 0) is 50.2 Å². The van der Waals surface area contributed by atoms with E-state index in [0.29, 0.717) is 30.9 Å². The molecule has 0 bridgehead atoms. The summed E-state index contributed by atoms with van der Waals surface area (Å²) < 4.78 is 16.4. The van der Waals surface area contributed by atoms with Crippen LogP contribution in [0.2, 0.25) is 0 Å². The quantitative estimate of drug-likeness (QED) is 0.470. The summed E-state index contributed by atoms with van der Waals surface area (Å²) in [5.41, 5.74) is 1.48. The van der Waals surface area contributed by atoms with Crippen molar-refractivity contribution in [3.63, 3.8) is 0 Å². The van der Waals surface area contributed by atoms with Gasteiger partial charge in [-0.25, -0.2) is 4.79 Å². The highest BCUT2D eigenvalue weighted by molar-refractivity contribution is 5.84. The molecule has 0 saturated heterocycles. The fourth-order valence-corrected chi connectivity index (χ4v) is 2.90. The molecule has 0 atom stereocenters. The topological polar surface area (TPSA) is 85.5 Å². The summed E-state index contributed by atoms with van der Waals surface area (Å²) >= 11 is 0. The molecule has 142 valence electrons. The van der Waals surface area contributed by atoms with Crippen molar-refractivity contribution in [1.82, 2.24) is 0 Å². The van der Waals surface area contributed by atoms with Crippen molar-refractivity contribution in [3.8, 4) is 17.2 Å². The van der Waals surface area contributed by atoms with E-state index in [2.05, 4.69) is 5.32 Å². The first-order valence-corrected chi connectivity index (χ1v) is 9.01. The molecule has 0 amide bonds. The predicted molar refractivity (Wildman–Crippen MR) is 102 cm³/mol. The molecule has 0 aliphatic heterocycles. The Morgan fingerprint density at radius 1 is 1.07 bits per heavy atom. The van der Waals surface area contributed by atoms with E-state index < -0.39 is 5.63 Å². The molecule has 6 heteroatoms. The Kier molecular flexibility index (Phi) is 5.98. The van der Waals surface area contributed by atoms with Gasteiger partial charge in [-0.2, -0.15) is 0 Å². The maximum atomic E-state index is 11.8. The second-order valence-corrected chi connectivity index (χ2v) is 6.21. The number of phenols is 1. The molecule has 1 aromatic heterocycles. The van der Waals surface area contributed by atoms with Crippen LogP contribution in [-0.2, 0) is 6.54 Å². The Hall–Kier alpha value is -2.99. The predicted octanol–water partition coefficient (Wildman–Crippen LogP) is 2.35. The third kappa shape index (κ3) is 4.60. The zero-order chi connectivity index (χ0) is 19.2. The zero-order valence-corrected chi connectivity index (χ0v) is 15.5. The van der Waals surface area contributed by atoms with Crippen molar-refractivity contribution in [2.45, 2.75) is 20.4 Å². The fourth-order valence-electron chi connectivity index (χ4n) is 2.90. The van der Waals surface area contributed by atoms with E-state index in [-0.39, 0.29) is 5.75 Å². The van der Waals surface area contributed by atoms with Crippen molar-refractivity contribution in [1.29, 1.82) is 0 Å². The lowest BCUT2D eigenvalue weighted by Crippen LogP contribution is -2.83. The number of fused-ring (bicyclic) bond motifs is 1. The van der Waals surface area contributed by atoms with Gasteiger partial charge in [0.2, 0.25) is 0 Å². The summed E-state index contributed by atoms with van der Waals surface area (Å²) in [4.78, 5) is 11.8. The molecule has 3 N–H and O–H groups in total. The highest BCUT2D eigenvalue weighted by Gasteiger charge is 2.11. The summed E-state index contributed by atoms with van der Waals surface area (Å²) in [6.45, 7) is 6.24. The molecular formula is C21H24NO5+. The monoisotopic (exact) mass is 370 g/mol. The summed E-state index contributed by atoms with van der Waals surface area (Å²) in [6.07, 6.45) is 0. The molecule has 2 aromatic carbocycles. The largest absolute Gasteiger partial charge is 0.508 e. The first kappa shape index (κ1) is 18.8. The van der Waals surface area contributed by atoms with Crippen LogP contribution in [0.3, 0.4) is 0 Å². The number of hydrogen-bond acceptors (Lipinski definition) is 5. The molecule has 6 nitrogen and oxygen atoms in total. The van der Waals surface area contributed by atoms with Crippen LogP contribution in [-0.4, -0.2) is 24.9 Å². The minimum absolute atomic E-state index is 0.121. The van der Waals surface area contributed by atoms with Crippen molar-refractivity contribution in [3.05, 3.63) is 64.0 Å². The molecule has 0 saturated carbocycles. The van der Waals surface area contributed by atoms with Gasteiger partial charge in [-0.3, -0.25) is 0 Å². The third-order valence-corrected chi connectivity index (χ3v) is 4.31. The number of aryl methyl sites for hydroxylation is 1. The van der Waals surface area contributed by atoms with Crippen LogP contribution in [0.1, 0.15) is 18.1 Å². The van der Waals surface area contributed by atoms with E-state index in [1.165, 1.54) is 6.07 Å². The average molecular weight is 370 g/mol. The van der Waals surface area contributed by atoms with Gasteiger partial charge < -0.3 is 24.3 Å². The van der Waals surface area contributed by atoms with Gasteiger partial charge in [0.1, 0.15) is 42.5 Å². The van der Waals surface area contributed by atoms with Crippen LogP contribution in [0.5, 0.6) is 17.2 Å². The van der Waals surface area contributed by atoms with E-state index in [9.17, 15) is 9.90 Å². The van der Waals surface area contributed by atoms with Crippen LogP contribution in [0, 0.1) is 6.92 Å². The van der Waals surface area contributed by atoms with Gasteiger partial charge in [0.25, 0.3) is 0 Å². The molecule has 1 heterocycles. The van der Waals surface area contributed by atoms with E-state index in [1.807, 2.05) is 31.2 Å². The minimum Gasteiger partial charge on any atom is -0.508 e. The number of aromatic hydroxyl groups is 1. The maximum absolute atomic E-state index is 11.8. The Bertz CT molecular complexity index is 963. The summed E-state index contributed by atoms with van der Waals surface area (Å²) in [5.74, 6) is 1.74. The number of quaternary nitrogens is 1. The summed E-state index contributed by atoms with van der Waals surface area (Å²) in [6, 6.07) is 12.4. The second kappa shape index (κ2) is 8.60. The number of ether oxygens (including phenoxy) is 2. The Morgan fingerprint density at radius 2 is 1.78 bits per heavy atom. The highest BCUT2D eigenvalue weighted by Crippen LogP contribution is 2.26. The van der Waals surface area contributed by atoms with E-state index in [1.54, 1.807) is 19.1 Å². The number of phenolic OH excluding ortho intramolecular Hbond substituents is 1. The molecule has 27 heavy (non-hydrogen) atoms. The van der Waals surface area contributed by atoms with Crippen molar-refractivity contribution < 1.29 is 24.3 Å². The Morgan fingerprint density at radius 3 is 2.48 bits per heavy atom. The average Bonchev–Trinajstić information content (AvgIpc) is 2.66. The smallest absolute Gasteiger partial charge is 0.336 e. The van der Waals surface area contributed by atoms with Crippen molar-refractivity contribution >= 4 is 11.0 Å². The van der Waals surface area contributed by atoms with Gasteiger partial charge in [0.15, 0.2) is 0 Å². The molecular weight excluding hydrogens is 346 g/mol. The lowest BCUT2D eigenvalue weighted by atomic mass is 10.1. The standard InChI is InChI=1S/C21H23NO5/c1-3-25-16-4-6-17(7-5-16)26-11-10-22-13-15-12-20(24)27-21-14(2)19(23)9-8-18(15)21/h4-9,12,22-23H,3,10-11,13H2,1-2H3/p+1. The summed E-state index contributed by atoms with van der Waals surface area (Å²) in [7, 11) is 0. The van der Waals surface area contributed by atoms with Gasteiger partial charge in [0, 0.05) is 22.6 Å². The van der Waals surface area contributed by atoms with Crippen LogP contribution < -0.4 is 20.4 Å². The second-order valence-electron chi connectivity index (χ2n) is 6.21. The Labute approximate surface area is 157 Å². The van der Waals surface area contributed by atoms with Gasteiger partial charge in [-0.15, -0.1) is 0 Å². The summed E-state index contributed by atoms with van der Waals surface area (Å²) in [5, 5.41) is 12.7. The van der Waals surface area contributed by atoms with Crippen LogP contribution in [0.4, 0.5) is 0 Å². The number of rotatable bonds is 8. The van der Waals surface area contributed by atoms with Crippen LogP contribution in [0.15, 0.2) is 51.7 Å². The molecule has 0 aliphatic rings. The number of hydrogen-bond donors (Lipinski definition) is 2. The van der Waals surface area contributed by atoms with E-state index >= 15 is 0 Å². The number of nitrogens with two attached hydrogens (primary N) is 1. The van der Waals surface area contributed by atoms with E-state index in [0.717, 1.165) is 29.0 Å². The molecule has 0 aliphatic carbocycles. The van der Waals surface area contributed by atoms with Crippen molar-refractivity contribution in [2.75, 3.05) is 19.8 Å². The minimum atomic E-state index is -0.412. The Balaban J connectivity index is 1.56. The molecule has 3 rings (SSSR count). The lowest BCUT2D eigenvalue weighted by Gasteiger charge is -2.09. The molecule has 0 spiro atoms. The van der Waals surface area contributed by atoms with Crippen LogP contribution >= 0.6 is 0 Å². The number of benzene rings is 2. The molecule has 0 radical (unpaired) electrons. The molecule has 0 fully saturated rings. The van der Waals surface area contributed by atoms with Gasteiger partial charge in [0.05, 0.1) is 6.61 Å². The van der Waals surface area contributed by atoms with Crippen molar-refractivity contribution in [2.24, 2.45) is 0 Å². The first-order valence-electron chi connectivity index (χ1n) is 9.01. The highest BCUT2D eigenvalue weighted by atomic mass is 16.5. The maximum Gasteiger partial charge on any atom is 0.336 e. The normalized spacial score (nSPS) is 10.9. The first-order chi connectivity index (χ1) is 13.1. The SMILES string of the molecule is CCOc1ccc(OCC[NH2+]Cc2cc(=O)oc3c(C)c(O)ccc23)cc1. The lowest BCUT2D eigenvalue weighted by molar-refractivity contribution is -0.671. The molecule has 3 aromatic rings. The fraction of sp³-hybridized carbons (Fsp3) is 0.286. The van der Waals surface area contributed by atoms with Gasteiger partial charge in [-0.1, -0.05) is 0 Å². The van der Waals surface area contributed by atoms with E-state index in [4.69, 9.17) is 13.9 Å². The van der Waals surface area contributed by atoms with Crippen LogP contribution in [0.25, 0.3) is 11.0 Å².